The largest absolute Gasteiger partial charge is 0.494 e. The van der Waals surface area contributed by atoms with Gasteiger partial charge in [0.05, 0.1) is 28.4 Å². The highest BCUT2D eigenvalue weighted by Gasteiger charge is 2.16. The lowest BCUT2D eigenvalue weighted by Gasteiger charge is -2.06. The van der Waals surface area contributed by atoms with E-state index in [0.717, 1.165) is 27.3 Å². The summed E-state index contributed by atoms with van der Waals surface area (Å²) in [5.74, 6) is 0.250. The molecule has 0 unspecified atom stereocenters. The van der Waals surface area contributed by atoms with Crippen molar-refractivity contribution in [3.05, 3.63) is 50.1 Å². The lowest BCUT2D eigenvalue weighted by atomic mass is 10.3. The van der Waals surface area contributed by atoms with Gasteiger partial charge >= 0.3 is 5.00 Å². The molecule has 8 nitrogen and oxygen atoms in total. The van der Waals surface area contributed by atoms with Crippen LogP contribution in [0.25, 0.3) is 10.2 Å². The monoisotopic (exact) mass is 421 g/mol. The molecule has 0 atom stereocenters. The van der Waals surface area contributed by atoms with E-state index >= 15 is 0 Å². The summed E-state index contributed by atoms with van der Waals surface area (Å²) in [6.07, 6.45) is 0. The number of rotatable bonds is 8. The molecule has 1 aromatic carbocycles. The normalized spacial score (nSPS) is 11.9. The lowest BCUT2D eigenvalue weighted by molar-refractivity contribution is -0.380. The molecule has 0 saturated heterocycles. The van der Waals surface area contributed by atoms with Gasteiger partial charge in [-0.05, 0) is 38.1 Å². The van der Waals surface area contributed by atoms with E-state index in [9.17, 15) is 14.9 Å². The van der Waals surface area contributed by atoms with Crippen LogP contribution in [0.15, 0.2) is 35.3 Å². The fourth-order valence-electron chi connectivity index (χ4n) is 2.59. The van der Waals surface area contributed by atoms with E-state index in [1.165, 1.54) is 23.5 Å². The number of fused-ring (bicyclic) bond motifs is 1. The first-order valence-electron chi connectivity index (χ1n) is 8.70. The number of amides is 1. The van der Waals surface area contributed by atoms with Gasteiger partial charge in [-0.25, -0.2) is 0 Å². The standard InChI is InChI=1S/C18H19N3O5S2/c1-3-25-10-9-20-13-6-5-12(26-4-2)11-15(13)28-18(20)19-17(22)14-7-8-16(27-14)21(23)24/h5-8,11H,3-4,9-10H2,1-2H3. The molecule has 0 aliphatic heterocycles. The number of benzene rings is 1. The average Bonchev–Trinajstić information content (AvgIpc) is 3.28. The van der Waals surface area contributed by atoms with Crippen LogP contribution in [0, 0.1) is 10.1 Å². The van der Waals surface area contributed by atoms with Crippen molar-refractivity contribution in [2.24, 2.45) is 4.99 Å². The third-order valence-electron chi connectivity index (χ3n) is 3.81. The molecule has 1 amide bonds. The fourth-order valence-corrected chi connectivity index (χ4v) is 4.38. The molecule has 3 aromatic rings. The number of nitrogens with zero attached hydrogens (tertiary/aromatic N) is 3. The Morgan fingerprint density at radius 2 is 2.04 bits per heavy atom. The Kier molecular flexibility index (Phi) is 6.55. The van der Waals surface area contributed by atoms with Gasteiger partial charge in [-0.15, -0.1) is 0 Å². The van der Waals surface area contributed by atoms with Gasteiger partial charge in [0.2, 0.25) is 0 Å². The third kappa shape index (κ3) is 4.46. The molecule has 0 fully saturated rings. The predicted molar refractivity (Wildman–Crippen MR) is 108 cm³/mol. The number of thiazole rings is 1. The first-order chi connectivity index (χ1) is 13.5. The van der Waals surface area contributed by atoms with Gasteiger partial charge in [-0.3, -0.25) is 14.9 Å². The molecule has 0 N–H and O–H groups in total. The number of aromatic nitrogens is 1. The van der Waals surface area contributed by atoms with Gasteiger partial charge in [-0.2, -0.15) is 4.99 Å². The lowest BCUT2D eigenvalue weighted by Crippen LogP contribution is -2.19. The maximum absolute atomic E-state index is 12.5. The maximum atomic E-state index is 12.5. The smallest absolute Gasteiger partial charge is 0.324 e. The summed E-state index contributed by atoms with van der Waals surface area (Å²) in [4.78, 5) is 27.8. The van der Waals surface area contributed by atoms with Gasteiger partial charge in [-0.1, -0.05) is 22.7 Å². The maximum Gasteiger partial charge on any atom is 0.324 e. The molecule has 0 aliphatic rings. The zero-order valence-corrected chi connectivity index (χ0v) is 17.0. The minimum absolute atomic E-state index is 0.0829. The van der Waals surface area contributed by atoms with E-state index in [2.05, 4.69) is 4.99 Å². The van der Waals surface area contributed by atoms with E-state index < -0.39 is 10.8 Å². The van der Waals surface area contributed by atoms with Crippen molar-refractivity contribution in [2.45, 2.75) is 20.4 Å². The van der Waals surface area contributed by atoms with Crippen LogP contribution in [0.2, 0.25) is 0 Å². The summed E-state index contributed by atoms with van der Waals surface area (Å²) in [6, 6.07) is 8.47. The van der Waals surface area contributed by atoms with Crippen LogP contribution in [-0.2, 0) is 11.3 Å². The first-order valence-corrected chi connectivity index (χ1v) is 10.3. The Morgan fingerprint density at radius 3 is 2.71 bits per heavy atom. The zero-order valence-electron chi connectivity index (χ0n) is 15.4. The SMILES string of the molecule is CCOCCn1c(=NC(=O)c2ccc([N+](=O)[O-])s2)sc2cc(OCC)ccc21. The number of hydrogen-bond acceptors (Lipinski definition) is 7. The van der Waals surface area contributed by atoms with Crippen molar-refractivity contribution in [1.82, 2.24) is 4.57 Å². The molecule has 2 heterocycles. The Labute approximate surface area is 168 Å². The van der Waals surface area contributed by atoms with Crippen molar-refractivity contribution in [2.75, 3.05) is 19.8 Å². The molecule has 28 heavy (non-hydrogen) atoms. The summed E-state index contributed by atoms with van der Waals surface area (Å²) in [6.45, 7) is 6.03. The quantitative estimate of drug-likeness (QED) is 0.313. The minimum atomic E-state index is -0.515. The molecular weight excluding hydrogens is 402 g/mol. The van der Waals surface area contributed by atoms with Crippen LogP contribution in [0.3, 0.4) is 0 Å². The number of hydrogen-bond donors (Lipinski definition) is 0. The van der Waals surface area contributed by atoms with Gasteiger partial charge < -0.3 is 14.0 Å². The van der Waals surface area contributed by atoms with E-state index in [0.29, 0.717) is 31.2 Å². The van der Waals surface area contributed by atoms with E-state index in [1.54, 1.807) is 0 Å². The number of nitro groups is 1. The summed E-state index contributed by atoms with van der Waals surface area (Å²) >= 11 is 2.19. The number of thiophene rings is 1. The highest BCUT2D eigenvalue weighted by Crippen LogP contribution is 2.26. The van der Waals surface area contributed by atoms with Crippen molar-refractivity contribution in [1.29, 1.82) is 0 Å². The minimum Gasteiger partial charge on any atom is -0.494 e. The van der Waals surface area contributed by atoms with Crippen molar-refractivity contribution in [3.63, 3.8) is 0 Å². The van der Waals surface area contributed by atoms with Gasteiger partial charge in [0.25, 0.3) is 5.91 Å². The first kappa shape index (κ1) is 20.2. The van der Waals surface area contributed by atoms with E-state index in [-0.39, 0.29) is 9.88 Å². The second-order valence-corrected chi connectivity index (χ2v) is 7.68. The van der Waals surface area contributed by atoms with Crippen molar-refractivity contribution < 1.29 is 19.2 Å². The Hall–Kier alpha value is -2.56. The molecule has 0 bridgehead atoms. The topological polar surface area (TPSA) is 96.0 Å². The third-order valence-corrected chi connectivity index (χ3v) is 5.87. The van der Waals surface area contributed by atoms with Crippen molar-refractivity contribution >= 4 is 43.8 Å². The van der Waals surface area contributed by atoms with Crippen LogP contribution in [0.1, 0.15) is 23.5 Å². The second-order valence-electron chi connectivity index (χ2n) is 5.61. The van der Waals surface area contributed by atoms with Crippen LogP contribution >= 0.6 is 22.7 Å². The van der Waals surface area contributed by atoms with Gasteiger partial charge in [0, 0.05) is 19.2 Å². The Morgan fingerprint density at radius 1 is 1.21 bits per heavy atom. The molecule has 2 aromatic heterocycles. The molecule has 148 valence electrons. The van der Waals surface area contributed by atoms with Gasteiger partial charge in [0.15, 0.2) is 4.80 Å². The van der Waals surface area contributed by atoms with Crippen LogP contribution in [0.5, 0.6) is 5.75 Å². The number of carbonyl (C=O) groups is 1. The predicted octanol–water partition coefficient (Wildman–Crippen LogP) is 3.85. The molecular formula is C18H19N3O5S2. The Balaban J connectivity index is 2.02. The average molecular weight is 422 g/mol. The van der Waals surface area contributed by atoms with Gasteiger partial charge in [0.1, 0.15) is 10.6 Å². The number of carbonyl (C=O) groups excluding carboxylic acids is 1. The summed E-state index contributed by atoms with van der Waals surface area (Å²) < 4.78 is 13.9. The van der Waals surface area contributed by atoms with E-state index in [1.807, 2.05) is 36.6 Å². The highest BCUT2D eigenvalue weighted by molar-refractivity contribution is 7.17. The fraction of sp³-hybridized carbons (Fsp3) is 0.333. The van der Waals surface area contributed by atoms with Crippen LogP contribution in [-0.4, -0.2) is 35.2 Å². The highest BCUT2D eigenvalue weighted by atomic mass is 32.1. The molecule has 10 heteroatoms. The van der Waals surface area contributed by atoms with Crippen molar-refractivity contribution in [3.8, 4) is 5.75 Å². The zero-order chi connectivity index (χ0) is 20.1. The second kappa shape index (κ2) is 9.09. The molecule has 0 radical (unpaired) electrons. The summed E-state index contributed by atoms with van der Waals surface area (Å²) in [5.41, 5.74) is 0.928. The van der Waals surface area contributed by atoms with Crippen LogP contribution < -0.4 is 9.54 Å². The summed E-state index contributed by atoms with van der Waals surface area (Å²) in [5, 5.41) is 10.8. The van der Waals surface area contributed by atoms with E-state index in [4.69, 9.17) is 9.47 Å². The molecule has 0 aliphatic carbocycles. The Bertz CT molecular complexity index is 1070. The molecule has 3 rings (SSSR count). The van der Waals surface area contributed by atoms with Crippen LogP contribution in [0.4, 0.5) is 5.00 Å². The molecule has 0 spiro atoms. The molecule has 0 saturated carbocycles. The number of ether oxygens (including phenoxy) is 2. The summed E-state index contributed by atoms with van der Waals surface area (Å²) in [7, 11) is 0.